The summed E-state index contributed by atoms with van der Waals surface area (Å²) in [7, 11) is 0. The van der Waals surface area contributed by atoms with Gasteiger partial charge >= 0.3 is 0 Å². The summed E-state index contributed by atoms with van der Waals surface area (Å²) in [4.78, 5) is 7.10. The average Bonchev–Trinajstić information content (AvgIpc) is 3.19. The number of benzene rings is 2. The molecule has 2 heterocycles. The van der Waals surface area contributed by atoms with Gasteiger partial charge in [0.15, 0.2) is 0 Å². The first-order valence-corrected chi connectivity index (χ1v) is 10.3. The van der Waals surface area contributed by atoms with Gasteiger partial charge in [0.1, 0.15) is 0 Å². The van der Waals surface area contributed by atoms with Gasteiger partial charge in [0, 0.05) is 33.7 Å². The molecule has 4 aromatic rings. The van der Waals surface area contributed by atoms with Crippen LogP contribution in [0.4, 0.5) is 0 Å². The van der Waals surface area contributed by atoms with Gasteiger partial charge in [-0.15, -0.1) is 0 Å². The molecule has 0 radical (unpaired) electrons. The minimum absolute atomic E-state index is 0.0259. The third-order valence-electron chi connectivity index (χ3n) is 5.84. The van der Waals surface area contributed by atoms with Gasteiger partial charge in [-0.25, -0.2) is 0 Å². The Morgan fingerprint density at radius 2 is 1.75 bits per heavy atom. The molecule has 0 spiro atoms. The molecule has 0 aliphatic heterocycles. The first-order chi connectivity index (χ1) is 13.1. The molecule has 0 fully saturated rings. The molecular weight excluding hydrogens is 364 g/mol. The van der Waals surface area contributed by atoms with Gasteiger partial charge in [-0.1, -0.05) is 64.4 Å². The number of halogens is 1. The first kappa shape index (κ1) is 19.1. The standard InChI is InChI=1S/C25H29ClN2/c1-15-8-7-9-17-12-21(28-23(15)17)25(5,6)13-16-10-19(26)22-18(24(2,3)4)14-27-20(22)11-16/h7-12,14,27-28H,13H2,1-6H3. The second kappa shape index (κ2) is 6.42. The summed E-state index contributed by atoms with van der Waals surface area (Å²) < 4.78 is 0. The van der Waals surface area contributed by atoms with Gasteiger partial charge in [0.25, 0.3) is 0 Å². The Kier molecular flexibility index (Phi) is 4.39. The molecule has 0 unspecified atom stereocenters. The van der Waals surface area contributed by atoms with Crippen molar-refractivity contribution >= 4 is 33.4 Å². The van der Waals surface area contributed by atoms with Gasteiger partial charge in [0.2, 0.25) is 0 Å². The fraction of sp³-hybridized carbons (Fsp3) is 0.360. The second-order valence-corrected chi connectivity index (χ2v) is 10.1. The minimum Gasteiger partial charge on any atom is -0.361 e. The number of H-pyrrole nitrogens is 2. The monoisotopic (exact) mass is 392 g/mol. The van der Waals surface area contributed by atoms with Crippen molar-refractivity contribution in [1.29, 1.82) is 0 Å². The zero-order valence-electron chi connectivity index (χ0n) is 17.6. The van der Waals surface area contributed by atoms with E-state index in [1.165, 1.54) is 33.3 Å². The number of nitrogens with one attached hydrogen (secondary N) is 2. The smallest absolute Gasteiger partial charge is 0.0505 e. The van der Waals surface area contributed by atoms with Crippen molar-refractivity contribution in [1.82, 2.24) is 9.97 Å². The van der Waals surface area contributed by atoms with Crippen molar-refractivity contribution < 1.29 is 0 Å². The summed E-state index contributed by atoms with van der Waals surface area (Å²) >= 11 is 6.75. The molecule has 0 aliphatic carbocycles. The van der Waals surface area contributed by atoms with E-state index in [-0.39, 0.29) is 10.8 Å². The van der Waals surface area contributed by atoms with Crippen LogP contribution in [0.15, 0.2) is 42.6 Å². The topological polar surface area (TPSA) is 31.6 Å². The van der Waals surface area contributed by atoms with Crippen molar-refractivity contribution in [2.45, 2.75) is 58.8 Å². The van der Waals surface area contributed by atoms with Gasteiger partial charge in [0.05, 0.1) is 5.02 Å². The highest BCUT2D eigenvalue weighted by atomic mass is 35.5. The van der Waals surface area contributed by atoms with Crippen molar-refractivity contribution in [3.05, 3.63) is 70.0 Å². The highest BCUT2D eigenvalue weighted by molar-refractivity contribution is 6.35. The van der Waals surface area contributed by atoms with Crippen LogP contribution >= 0.6 is 11.6 Å². The van der Waals surface area contributed by atoms with E-state index in [2.05, 4.69) is 94.1 Å². The molecule has 0 saturated carbocycles. The van der Waals surface area contributed by atoms with Crippen LogP contribution in [-0.2, 0) is 17.3 Å². The maximum atomic E-state index is 6.75. The fourth-order valence-electron chi connectivity index (χ4n) is 4.24. The molecule has 2 nitrogen and oxygen atoms in total. The Labute approximate surface area is 172 Å². The third-order valence-corrected chi connectivity index (χ3v) is 6.14. The van der Waals surface area contributed by atoms with Crippen LogP contribution < -0.4 is 0 Å². The van der Waals surface area contributed by atoms with Crippen molar-refractivity contribution in [2.75, 3.05) is 0 Å². The zero-order valence-corrected chi connectivity index (χ0v) is 18.4. The van der Waals surface area contributed by atoms with Gasteiger partial charge in [-0.2, -0.15) is 0 Å². The van der Waals surface area contributed by atoms with Crippen LogP contribution in [0, 0.1) is 6.92 Å². The lowest BCUT2D eigenvalue weighted by molar-refractivity contribution is 0.510. The summed E-state index contributed by atoms with van der Waals surface area (Å²) in [6, 6.07) is 13.1. The highest BCUT2D eigenvalue weighted by Crippen LogP contribution is 2.37. The Morgan fingerprint density at radius 3 is 2.43 bits per heavy atom. The predicted molar refractivity (Wildman–Crippen MR) is 122 cm³/mol. The number of hydrogen-bond donors (Lipinski definition) is 2. The molecular formula is C25H29ClN2. The Morgan fingerprint density at radius 1 is 1.00 bits per heavy atom. The number of hydrogen-bond acceptors (Lipinski definition) is 0. The third kappa shape index (κ3) is 3.24. The van der Waals surface area contributed by atoms with E-state index >= 15 is 0 Å². The lowest BCUT2D eigenvalue weighted by atomic mass is 9.82. The van der Waals surface area contributed by atoms with Gasteiger partial charge in [-0.05, 0) is 59.0 Å². The van der Waals surface area contributed by atoms with E-state index in [1.807, 2.05) is 0 Å². The normalized spacial score (nSPS) is 13.0. The predicted octanol–water partition coefficient (Wildman–Crippen LogP) is 7.43. The van der Waals surface area contributed by atoms with E-state index in [0.29, 0.717) is 0 Å². The summed E-state index contributed by atoms with van der Waals surface area (Å²) in [5, 5.41) is 3.26. The molecule has 0 aliphatic rings. The molecule has 2 aromatic heterocycles. The van der Waals surface area contributed by atoms with Crippen molar-refractivity contribution in [3.8, 4) is 0 Å². The van der Waals surface area contributed by atoms with E-state index < -0.39 is 0 Å². The van der Waals surface area contributed by atoms with Crippen molar-refractivity contribution in [3.63, 3.8) is 0 Å². The van der Waals surface area contributed by atoms with Crippen LogP contribution in [0.3, 0.4) is 0 Å². The van der Waals surface area contributed by atoms with Crippen LogP contribution in [0.1, 0.15) is 57.0 Å². The zero-order chi connectivity index (χ0) is 20.3. The summed E-state index contributed by atoms with van der Waals surface area (Å²) in [5.41, 5.74) is 7.45. The minimum atomic E-state index is -0.0259. The highest BCUT2D eigenvalue weighted by Gasteiger charge is 2.25. The Balaban J connectivity index is 1.73. The van der Waals surface area contributed by atoms with Crippen molar-refractivity contribution in [2.24, 2.45) is 0 Å². The number of fused-ring (bicyclic) bond motifs is 2. The van der Waals surface area contributed by atoms with E-state index in [4.69, 9.17) is 11.6 Å². The molecule has 0 bridgehead atoms. The second-order valence-electron chi connectivity index (χ2n) is 9.74. The molecule has 146 valence electrons. The van der Waals surface area contributed by atoms with E-state index in [0.717, 1.165) is 22.3 Å². The summed E-state index contributed by atoms with van der Waals surface area (Å²) in [6.45, 7) is 13.4. The SMILES string of the molecule is Cc1cccc2cc(C(C)(C)Cc3cc(Cl)c4c(C(C)(C)C)c[nH]c4c3)[nH]c12. The van der Waals surface area contributed by atoms with Crippen LogP contribution in [0.25, 0.3) is 21.8 Å². The number of aromatic nitrogens is 2. The first-order valence-electron chi connectivity index (χ1n) is 9.95. The molecule has 28 heavy (non-hydrogen) atoms. The summed E-state index contributed by atoms with van der Waals surface area (Å²) in [5.74, 6) is 0. The number of para-hydroxylation sites is 1. The summed E-state index contributed by atoms with van der Waals surface area (Å²) in [6.07, 6.45) is 3.02. The number of rotatable bonds is 3. The maximum Gasteiger partial charge on any atom is 0.0505 e. The lowest BCUT2D eigenvalue weighted by Gasteiger charge is -2.24. The molecule has 3 heteroatoms. The fourth-order valence-corrected chi connectivity index (χ4v) is 4.59. The number of aromatic amines is 2. The molecule has 0 amide bonds. The lowest BCUT2D eigenvalue weighted by Crippen LogP contribution is -2.21. The largest absolute Gasteiger partial charge is 0.361 e. The Bertz CT molecular complexity index is 1170. The number of aryl methyl sites for hydroxylation is 1. The van der Waals surface area contributed by atoms with Crippen LogP contribution in [0.5, 0.6) is 0 Å². The van der Waals surface area contributed by atoms with Crippen LogP contribution in [-0.4, -0.2) is 9.97 Å². The molecule has 4 rings (SSSR count). The van der Waals surface area contributed by atoms with Gasteiger partial charge < -0.3 is 9.97 Å². The van der Waals surface area contributed by atoms with E-state index in [9.17, 15) is 0 Å². The molecule has 0 atom stereocenters. The molecule has 0 saturated heterocycles. The molecule has 2 aromatic carbocycles. The quantitative estimate of drug-likeness (QED) is 0.363. The maximum absolute atomic E-state index is 6.75. The average molecular weight is 393 g/mol. The van der Waals surface area contributed by atoms with Crippen LogP contribution in [0.2, 0.25) is 5.02 Å². The molecule has 2 N–H and O–H groups in total. The van der Waals surface area contributed by atoms with Gasteiger partial charge in [-0.3, -0.25) is 0 Å². The van der Waals surface area contributed by atoms with E-state index in [1.54, 1.807) is 0 Å². The Hall–Kier alpha value is -2.19.